The van der Waals surface area contributed by atoms with Crippen LogP contribution in [0, 0.1) is 0 Å². The van der Waals surface area contributed by atoms with E-state index in [1.807, 2.05) is 18.2 Å². The minimum atomic E-state index is -0.448. The van der Waals surface area contributed by atoms with Crippen LogP contribution in [-0.4, -0.2) is 23.7 Å². The van der Waals surface area contributed by atoms with Crippen molar-refractivity contribution in [3.63, 3.8) is 0 Å². The maximum Gasteiger partial charge on any atom is 0.339 e. The van der Waals surface area contributed by atoms with Gasteiger partial charge in [-0.05, 0) is 62.7 Å². The molecule has 0 amide bonds. The van der Waals surface area contributed by atoms with E-state index in [4.69, 9.17) is 28.6 Å². The molecule has 138 valence electrons. The molecule has 0 bridgehead atoms. The molecule has 0 heterocycles. The largest absolute Gasteiger partial charge is 0.462 e. The van der Waals surface area contributed by atoms with Gasteiger partial charge in [0.15, 0.2) is 5.11 Å². The number of nitrogens with one attached hydrogen (secondary N) is 2. The molecular formula is C20H23ClN2O2S. The first kappa shape index (κ1) is 20.2. The molecule has 0 unspecified atom stereocenters. The van der Waals surface area contributed by atoms with Crippen molar-refractivity contribution in [2.75, 3.05) is 11.9 Å². The van der Waals surface area contributed by atoms with Gasteiger partial charge in [0.2, 0.25) is 0 Å². The van der Waals surface area contributed by atoms with Gasteiger partial charge in [0.05, 0.1) is 17.2 Å². The predicted molar refractivity (Wildman–Crippen MR) is 111 cm³/mol. The summed E-state index contributed by atoms with van der Waals surface area (Å²) in [6, 6.07) is 15.6. The molecule has 26 heavy (non-hydrogen) atoms. The molecule has 2 aromatic rings. The molecule has 4 nitrogen and oxygen atoms in total. The average Bonchev–Trinajstić information content (AvgIpc) is 2.62. The monoisotopic (exact) mass is 390 g/mol. The predicted octanol–water partition coefficient (Wildman–Crippen LogP) is 4.82. The summed E-state index contributed by atoms with van der Waals surface area (Å²) in [7, 11) is 0. The van der Waals surface area contributed by atoms with E-state index in [0.29, 0.717) is 28.0 Å². The van der Waals surface area contributed by atoms with Gasteiger partial charge in [-0.1, -0.05) is 41.9 Å². The number of ether oxygens (including phenoxy) is 1. The minimum absolute atomic E-state index is 0.215. The Kier molecular flexibility index (Phi) is 7.88. The fourth-order valence-electron chi connectivity index (χ4n) is 2.46. The van der Waals surface area contributed by atoms with Crippen molar-refractivity contribution in [3.05, 3.63) is 64.7 Å². The van der Waals surface area contributed by atoms with E-state index in [0.717, 1.165) is 12.8 Å². The average molecular weight is 391 g/mol. The zero-order chi connectivity index (χ0) is 18.9. The topological polar surface area (TPSA) is 50.4 Å². The van der Waals surface area contributed by atoms with Crippen LogP contribution in [0.25, 0.3) is 0 Å². The van der Waals surface area contributed by atoms with E-state index in [1.165, 1.54) is 5.56 Å². The molecular weight excluding hydrogens is 368 g/mol. The highest BCUT2D eigenvalue weighted by molar-refractivity contribution is 7.80. The number of esters is 1. The van der Waals surface area contributed by atoms with Gasteiger partial charge >= 0.3 is 5.97 Å². The maximum atomic E-state index is 11.9. The van der Waals surface area contributed by atoms with Gasteiger partial charge in [0.25, 0.3) is 0 Å². The molecule has 2 N–H and O–H groups in total. The number of anilines is 1. The van der Waals surface area contributed by atoms with E-state index < -0.39 is 5.97 Å². The molecule has 6 heteroatoms. The molecule has 2 aromatic carbocycles. The second kappa shape index (κ2) is 10.1. The molecule has 2 rings (SSSR count). The second-order valence-electron chi connectivity index (χ2n) is 5.94. The van der Waals surface area contributed by atoms with E-state index in [9.17, 15) is 4.79 Å². The van der Waals surface area contributed by atoms with Crippen molar-refractivity contribution < 1.29 is 9.53 Å². The lowest BCUT2D eigenvalue weighted by molar-refractivity contribution is 0.0526. The Bertz CT molecular complexity index is 753. The maximum absolute atomic E-state index is 11.9. The third-order valence-corrected chi connectivity index (χ3v) is 4.36. The molecule has 0 aliphatic carbocycles. The quantitative estimate of drug-likeness (QED) is 0.524. The first-order valence-electron chi connectivity index (χ1n) is 8.57. The fourth-order valence-corrected chi connectivity index (χ4v) is 2.97. The Morgan fingerprint density at radius 1 is 1.23 bits per heavy atom. The van der Waals surface area contributed by atoms with Crippen LogP contribution in [-0.2, 0) is 11.2 Å². The number of benzene rings is 2. The van der Waals surface area contributed by atoms with Crippen LogP contribution in [0.3, 0.4) is 0 Å². The number of hydrogen-bond donors (Lipinski definition) is 2. The number of halogens is 1. The van der Waals surface area contributed by atoms with E-state index >= 15 is 0 Å². The minimum Gasteiger partial charge on any atom is -0.462 e. The summed E-state index contributed by atoms with van der Waals surface area (Å²) in [5.74, 6) is -0.448. The second-order valence-corrected chi connectivity index (χ2v) is 6.75. The van der Waals surface area contributed by atoms with Crippen LogP contribution in [0.4, 0.5) is 5.69 Å². The number of rotatable bonds is 7. The highest BCUT2D eigenvalue weighted by Gasteiger charge is 2.13. The molecule has 0 aliphatic heterocycles. The van der Waals surface area contributed by atoms with Gasteiger partial charge in [-0.15, -0.1) is 0 Å². The first-order valence-corrected chi connectivity index (χ1v) is 9.36. The molecule has 0 saturated heterocycles. The molecule has 0 radical (unpaired) electrons. The van der Waals surface area contributed by atoms with Gasteiger partial charge in [-0.2, -0.15) is 0 Å². The molecule has 1 atom stereocenters. The number of aryl methyl sites for hydroxylation is 1. The van der Waals surface area contributed by atoms with Gasteiger partial charge in [0.1, 0.15) is 0 Å². The Hall–Kier alpha value is -2.11. The Balaban J connectivity index is 1.88. The molecule has 0 spiro atoms. The van der Waals surface area contributed by atoms with Gasteiger partial charge < -0.3 is 15.4 Å². The number of hydrogen-bond acceptors (Lipinski definition) is 3. The standard InChI is InChI=1S/C20H23ClN2O2S/c1-3-25-19(24)17-13-16(11-12-18(17)21)23-20(26)22-14(2)9-10-15-7-5-4-6-8-15/h4-8,11-14H,3,9-10H2,1-2H3,(H2,22,23,26)/t14-/m1/s1. The number of thiocarbonyl (C=S) groups is 1. The van der Waals surface area contributed by atoms with E-state index in [1.54, 1.807) is 25.1 Å². The molecule has 0 aliphatic rings. The molecule has 0 aromatic heterocycles. The zero-order valence-electron chi connectivity index (χ0n) is 14.9. The van der Waals surface area contributed by atoms with Crippen LogP contribution in [0.1, 0.15) is 36.2 Å². The van der Waals surface area contributed by atoms with E-state index in [-0.39, 0.29) is 6.04 Å². The smallest absolute Gasteiger partial charge is 0.339 e. The molecule has 0 saturated carbocycles. The van der Waals surface area contributed by atoms with Crippen LogP contribution in [0.15, 0.2) is 48.5 Å². The van der Waals surface area contributed by atoms with Crippen molar-refractivity contribution in [3.8, 4) is 0 Å². The van der Waals surface area contributed by atoms with Crippen molar-refractivity contribution in [2.45, 2.75) is 32.7 Å². The SMILES string of the molecule is CCOC(=O)c1cc(NC(=S)N[C@H](C)CCc2ccccc2)ccc1Cl. The lowest BCUT2D eigenvalue weighted by atomic mass is 10.1. The zero-order valence-corrected chi connectivity index (χ0v) is 16.5. The van der Waals surface area contributed by atoms with Crippen molar-refractivity contribution in [2.24, 2.45) is 0 Å². The summed E-state index contributed by atoms with van der Waals surface area (Å²) >= 11 is 11.4. The Labute approximate surface area is 164 Å². The lowest BCUT2D eigenvalue weighted by Crippen LogP contribution is -2.36. The van der Waals surface area contributed by atoms with Gasteiger partial charge in [-0.25, -0.2) is 4.79 Å². The van der Waals surface area contributed by atoms with Crippen LogP contribution in [0.5, 0.6) is 0 Å². The first-order chi connectivity index (χ1) is 12.5. The highest BCUT2D eigenvalue weighted by atomic mass is 35.5. The third-order valence-electron chi connectivity index (χ3n) is 3.81. The van der Waals surface area contributed by atoms with E-state index in [2.05, 4.69) is 29.7 Å². The fraction of sp³-hybridized carbons (Fsp3) is 0.300. The Morgan fingerprint density at radius 3 is 2.65 bits per heavy atom. The van der Waals surface area contributed by atoms with Crippen LogP contribution in [0.2, 0.25) is 5.02 Å². The summed E-state index contributed by atoms with van der Waals surface area (Å²) < 4.78 is 5.01. The van der Waals surface area contributed by atoms with Gasteiger partial charge in [0, 0.05) is 11.7 Å². The summed E-state index contributed by atoms with van der Waals surface area (Å²) in [5.41, 5.74) is 2.31. The number of carbonyl (C=O) groups is 1. The highest BCUT2D eigenvalue weighted by Crippen LogP contribution is 2.21. The van der Waals surface area contributed by atoms with Crippen molar-refractivity contribution >= 4 is 40.6 Å². The van der Waals surface area contributed by atoms with Crippen LogP contribution >= 0.6 is 23.8 Å². The van der Waals surface area contributed by atoms with Gasteiger partial charge in [-0.3, -0.25) is 0 Å². The van der Waals surface area contributed by atoms with Crippen LogP contribution < -0.4 is 10.6 Å². The summed E-state index contributed by atoms with van der Waals surface area (Å²) in [6.07, 6.45) is 1.94. The summed E-state index contributed by atoms with van der Waals surface area (Å²) in [4.78, 5) is 11.9. The Morgan fingerprint density at radius 2 is 1.96 bits per heavy atom. The lowest BCUT2D eigenvalue weighted by Gasteiger charge is -2.17. The normalized spacial score (nSPS) is 11.5. The van der Waals surface area contributed by atoms with Crippen molar-refractivity contribution in [1.82, 2.24) is 5.32 Å². The third kappa shape index (κ3) is 6.32. The summed E-state index contributed by atoms with van der Waals surface area (Å²) in [6.45, 7) is 4.14. The summed E-state index contributed by atoms with van der Waals surface area (Å²) in [5, 5.41) is 7.20. The van der Waals surface area contributed by atoms with Crippen molar-refractivity contribution in [1.29, 1.82) is 0 Å². The number of carbonyl (C=O) groups excluding carboxylic acids is 1. The molecule has 0 fully saturated rings.